The number of rotatable bonds is 2. The van der Waals surface area contributed by atoms with Crippen LogP contribution < -0.4 is 0 Å². The Hall–Kier alpha value is -0.185. The molecule has 1 nitrogen and oxygen atoms in total. The normalized spacial score (nSPS) is 31.5. The third kappa shape index (κ3) is 1.94. The molecule has 5 heteroatoms. The van der Waals surface area contributed by atoms with Gasteiger partial charge in [-0.3, -0.25) is 0 Å². The molecule has 0 aromatic carbocycles. The molecule has 0 unspecified atom stereocenters. The quantitative estimate of drug-likeness (QED) is 0.648. The Kier molecular flexibility index (Phi) is 2.19. The van der Waals surface area contributed by atoms with Gasteiger partial charge >= 0.3 is 6.98 Å². The summed E-state index contributed by atoms with van der Waals surface area (Å²) in [6.07, 6.45) is 0.208. The van der Waals surface area contributed by atoms with Crippen LogP contribution in [0.2, 0.25) is 5.82 Å². The van der Waals surface area contributed by atoms with Crippen LogP contribution in [0.1, 0.15) is 26.7 Å². The summed E-state index contributed by atoms with van der Waals surface area (Å²) in [5.74, 6) is -1.30. The Labute approximate surface area is 70.0 Å². The van der Waals surface area contributed by atoms with Crippen molar-refractivity contribution in [1.82, 2.24) is 0 Å². The van der Waals surface area contributed by atoms with Gasteiger partial charge in [-0.15, -0.1) is 0 Å². The summed E-state index contributed by atoms with van der Waals surface area (Å²) in [6.45, 7) is -1.54. The van der Waals surface area contributed by atoms with Crippen LogP contribution in [-0.2, 0) is 0 Å². The third-order valence-corrected chi connectivity index (χ3v) is 2.71. The number of halogens is 3. The maximum absolute atomic E-state index is 12.0. The van der Waals surface area contributed by atoms with E-state index in [1.807, 2.05) is 0 Å². The predicted molar refractivity (Wildman–Crippen MR) is 41.8 cm³/mol. The molecule has 0 aromatic rings. The van der Waals surface area contributed by atoms with Crippen LogP contribution in [0.25, 0.3) is 0 Å². The summed E-state index contributed by atoms with van der Waals surface area (Å²) in [5, 5.41) is 9.36. The largest absolute Gasteiger partial charge is 0.481 e. The number of hydrogen-bond donors (Lipinski definition) is 1. The number of aliphatic hydroxyl groups is 1. The van der Waals surface area contributed by atoms with Gasteiger partial charge in [0.15, 0.2) is 0 Å². The highest BCUT2D eigenvalue weighted by atomic mass is 19.4. The Morgan fingerprint density at radius 1 is 1.25 bits per heavy atom. The minimum atomic E-state index is -4.67. The highest BCUT2D eigenvalue weighted by molar-refractivity contribution is 6.60. The lowest BCUT2D eigenvalue weighted by molar-refractivity contribution is -0.0225. The first-order valence-electron chi connectivity index (χ1n) is 4.13. The molecule has 1 saturated carbocycles. The first-order chi connectivity index (χ1) is 5.21. The van der Waals surface area contributed by atoms with E-state index in [1.54, 1.807) is 13.8 Å². The van der Waals surface area contributed by atoms with Gasteiger partial charge in [0.05, 0.1) is 5.60 Å². The van der Waals surface area contributed by atoms with Crippen molar-refractivity contribution < 1.29 is 18.1 Å². The van der Waals surface area contributed by atoms with Gasteiger partial charge in [-0.05, 0) is 19.8 Å². The highest BCUT2D eigenvalue weighted by Crippen LogP contribution is 2.50. The standard InChI is InChI=1S/C7H13BF3O/c1-7(2,12)5-3-6(4-5)8(9,10)11/h5-6,12H,3-4H2,1-2H3/q-1. The lowest BCUT2D eigenvalue weighted by Crippen LogP contribution is -2.44. The van der Waals surface area contributed by atoms with Crippen molar-refractivity contribution in [2.24, 2.45) is 5.92 Å². The van der Waals surface area contributed by atoms with Gasteiger partial charge in [-0.2, -0.15) is 0 Å². The first-order valence-corrected chi connectivity index (χ1v) is 4.13. The van der Waals surface area contributed by atoms with Crippen molar-refractivity contribution in [2.45, 2.75) is 38.1 Å². The minimum Gasteiger partial charge on any atom is -0.449 e. The van der Waals surface area contributed by atoms with E-state index in [2.05, 4.69) is 0 Å². The van der Waals surface area contributed by atoms with E-state index in [0.29, 0.717) is 0 Å². The van der Waals surface area contributed by atoms with Gasteiger partial charge < -0.3 is 18.1 Å². The fraction of sp³-hybridized carbons (Fsp3) is 1.00. The summed E-state index contributed by atoms with van der Waals surface area (Å²) in [4.78, 5) is 0. The van der Waals surface area contributed by atoms with Crippen LogP contribution in [-0.4, -0.2) is 17.7 Å². The maximum atomic E-state index is 12.0. The van der Waals surface area contributed by atoms with E-state index >= 15 is 0 Å². The van der Waals surface area contributed by atoms with E-state index in [-0.39, 0.29) is 18.8 Å². The van der Waals surface area contributed by atoms with Gasteiger partial charge in [0.25, 0.3) is 0 Å². The monoisotopic (exact) mass is 181 g/mol. The van der Waals surface area contributed by atoms with Gasteiger partial charge in [0.1, 0.15) is 0 Å². The van der Waals surface area contributed by atoms with Crippen molar-refractivity contribution in [2.75, 3.05) is 0 Å². The molecule has 0 spiro atoms. The van der Waals surface area contributed by atoms with E-state index in [0.717, 1.165) is 0 Å². The molecular formula is C7H13BF3O-. The van der Waals surface area contributed by atoms with E-state index in [4.69, 9.17) is 0 Å². The predicted octanol–water partition coefficient (Wildman–Crippen LogP) is 2.38. The van der Waals surface area contributed by atoms with Crippen LogP contribution >= 0.6 is 0 Å². The lowest BCUT2D eigenvalue weighted by atomic mass is 9.53. The highest BCUT2D eigenvalue weighted by Gasteiger charge is 2.47. The molecule has 0 atom stereocenters. The second-order valence-corrected chi connectivity index (χ2v) is 4.21. The molecule has 1 N–H and O–H groups in total. The molecule has 0 aliphatic heterocycles. The Morgan fingerprint density at radius 2 is 1.67 bits per heavy atom. The molecule has 0 heterocycles. The summed E-state index contributed by atoms with van der Waals surface area (Å²) in [6, 6.07) is 0. The van der Waals surface area contributed by atoms with Crippen LogP contribution in [0.3, 0.4) is 0 Å². The van der Waals surface area contributed by atoms with E-state index < -0.39 is 18.4 Å². The van der Waals surface area contributed by atoms with Crippen molar-refractivity contribution in [3.63, 3.8) is 0 Å². The fourth-order valence-corrected chi connectivity index (χ4v) is 1.55. The van der Waals surface area contributed by atoms with Crippen LogP contribution in [0, 0.1) is 5.92 Å². The van der Waals surface area contributed by atoms with Crippen molar-refractivity contribution >= 4 is 6.98 Å². The second-order valence-electron chi connectivity index (χ2n) is 4.21. The minimum absolute atomic E-state index is 0.104. The Morgan fingerprint density at radius 3 is 1.92 bits per heavy atom. The zero-order chi connectivity index (χ0) is 9.57. The molecule has 0 saturated heterocycles. The van der Waals surface area contributed by atoms with Gasteiger partial charge in [0, 0.05) is 0 Å². The summed E-state index contributed by atoms with van der Waals surface area (Å²) in [7, 11) is 0. The van der Waals surface area contributed by atoms with Crippen LogP contribution in [0.5, 0.6) is 0 Å². The topological polar surface area (TPSA) is 20.2 Å². The van der Waals surface area contributed by atoms with Crippen molar-refractivity contribution in [1.29, 1.82) is 0 Å². The molecule has 12 heavy (non-hydrogen) atoms. The molecule has 0 amide bonds. The summed E-state index contributed by atoms with van der Waals surface area (Å²) < 4.78 is 36.1. The van der Waals surface area contributed by atoms with Gasteiger partial charge in [-0.25, -0.2) is 0 Å². The molecule has 0 bridgehead atoms. The zero-order valence-electron chi connectivity index (χ0n) is 7.23. The van der Waals surface area contributed by atoms with Crippen molar-refractivity contribution in [3.05, 3.63) is 0 Å². The molecule has 1 rings (SSSR count). The summed E-state index contributed by atoms with van der Waals surface area (Å²) in [5.41, 5.74) is -0.947. The average Bonchev–Trinajstić information content (AvgIpc) is 1.46. The fourth-order valence-electron chi connectivity index (χ4n) is 1.55. The summed E-state index contributed by atoms with van der Waals surface area (Å²) >= 11 is 0. The first kappa shape index (κ1) is 9.90. The molecule has 0 aromatic heterocycles. The third-order valence-electron chi connectivity index (χ3n) is 2.71. The second kappa shape index (κ2) is 2.65. The van der Waals surface area contributed by atoms with Crippen molar-refractivity contribution in [3.8, 4) is 0 Å². The average molecular weight is 181 g/mol. The molecule has 0 radical (unpaired) electrons. The maximum Gasteiger partial charge on any atom is 0.481 e. The molecule has 1 aliphatic rings. The zero-order valence-corrected chi connectivity index (χ0v) is 7.23. The number of hydrogen-bond acceptors (Lipinski definition) is 1. The molecule has 1 aliphatic carbocycles. The van der Waals surface area contributed by atoms with Gasteiger partial charge in [0.2, 0.25) is 0 Å². The smallest absolute Gasteiger partial charge is 0.449 e. The lowest BCUT2D eigenvalue weighted by Gasteiger charge is -2.46. The molecule has 72 valence electrons. The van der Waals surface area contributed by atoms with Crippen LogP contribution in [0.4, 0.5) is 12.9 Å². The molecule has 1 fully saturated rings. The molecular weight excluding hydrogens is 168 g/mol. The van der Waals surface area contributed by atoms with Gasteiger partial charge in [-0.1, -0.05) is 18.7 Å². The van der Waals surface area contributed by atoms with Crippen LogP contribution in [0.15, 0.2) is 0 Å². The van der Waals surface area contributed by atoms with E-state index in [9.17, 15) is 18.1 Å². The Balaban J connectivity index is 2.39. The van der Waals surface area contributed by atoms with E-state index in [1.165, 1.54) is 0 Å². The Bertz CT molecular complexity index is 148. The SMILES string of the molecule is CC(C)(O)C1CC([B-](F)(F)F)C1.